The van der Waals surface area contributed by atoms with Crippen LogP contribution in [-0.2, 0) is 16.1 Å². The summed E-state index contributed by atoms with van der Waals surface area (Å²) in [6, 6.07) is 7.95. The highest BCUT2D eigenvalue weighted by molar-refractivity contribution is 5.82. The summed E-state index contributed by atoms with van der Waals surface area (Å²) in [6.07, 6.45) is 6.34. The smallest absolute Gasteiger partial charge is 0.237 e. The number of imidazole rings is 1. The average Bonchev–Trinajstić information content (AvgIpc) is 3.41. The number of fused-ring (bicyclic) bond motifs is 1. The van der Waals surface area contributed by atoms with Gasteiger partial charge in [-0.15, -0.1) is 0 Å². The number of hydrogen-bond donors (Lipinski definition) is 2. The van der Waals surface area contributed by atoms with Crippen molar-refractivity contribution in [1.29, 1.82) is 0 Å². The number of amides is 2. The summed E-state index contributed by atoms with van der Waals surface area (Å²) in [5.41, 5.74) is 2.02. The van der Waals surface area contributed by atoms with E-state index in [1.54, 1.807) is 0 Å². The number of benzene rings is 1. The molecule has 7 nitrogen and oxygen atoms in total. The maximum Gasteiger partial charge on any atom is 0.237 e. The summed E-state index contributed by atoms with van der Waals surface area (Å²) >= 11 is 0. The summed E-state index contributed by atoms with van der Waals surface area (Å²) in [6.45, 7) is 3.79. The second-order valence-electron chi connectivity index (χ2n) is 7.92. The number of aryl methyl sites for hydroxylation is 1. The van der Waals surface area contributed by atoms with Crippen molar-refractivity contribution in [3.05, 3.63) is 30.6 Å². The van der Waals surface area contributed by atoms with Gasteiger partial charge >= 0.3 is 0 Å². The van der Waals surface area contributed by atoms with Crippen LogP contribution in [-0.4, -0.2) is 58.5 Å². The molecular formula is C21H29N5O2. The van der Waals surface area contributed by atoms with E-state index in [1.807, 2.05) is 40.1 Å². The lowest BCUT2D eigenvalue weighted by molar-refractivity contribution is -0.133. The van der Waals surface area contributed by atoms with E-state index >= 15 is 0 Å². The van der Waals surface area contributed by atoms with Crippen molar-refractivity contribution in [1.82, 2.24) is 25.1 Å². The van der Waals surface area contributed by atoms with Crippen molar-refractivity contribution in [3.8, 4) is 0 Å². The molecule has 2 aromatic rings. The van der Waals surface area contributed by atoms with Crippen LogP contribution in [0.5, 0.6) is 0 Å². The molecule has 0 radical (unpaired) electrons. The van der Waals surface area contributed by atoms with E-state index in [4.69, 9.17) is 0 Å². The molecule has 2 fully saturated rings. The Morgan fingerprint density at radius 1 is 1.21 bits per heavy atom. The number of hydrogen-bond acceptors (Lipinski definition) is 4. The van der Waals surface area contributed by atoms with Crippen molar-refractivity contribution in [2.45, 2.75) is 44.7 Å². The predicted octanol–water partition coefficient (Wildman–Crippen LogP) is 1.53. The molecule has 0 spiro atoms. The van der Waals surface area contributed by atoms with Gasteiger partial charge in [-0.3, -0.25) is 9.59 Å². The molecule has 2 unspecified atom stereocenters. The lowest BCUT2D eigenvalue weighted by atomic mass is 9.97. The van der Waals surface area contributed by atoms with Crippen molar-refractivity contribution in [3.63, 3.8) is 0 Å². The summed E-state index contributed by atoms with van der Waals surface area (Å²) in [5, 5.41) is 6.31. The molecule has 7 heteroatoms. The maximum absolute atomic E-state index is 12.7. The van der Waals surface area contributed by atoms with Crippen LogP contribution in [0.3, 0.4) is 0 Å². The number of nitrogens with one attached hydrogen (secondary N) is 2. The van der Waals surface area contributed by atoms with E-state index in [2.05, 4.69) is 15.6 Å². The SMILES string of the molecule is O=C(NCC1CCCN(C(=O)CCn2cnc3ccccc32)C1)C1CCCN1. The molecule has 0 saturated carbocycles. The molecule has 4 rings (SSSR count). The number of carbonyl (C=O) groups excluding carboxylic acids is 2. The Bertz CT molecular complexity index is 827. The van der Waals surface area contributed by atoms with Crippen LogP contribution in [0.4, 0.5) is 0 Å². The van der Waals surface area contributed by atoms with Gasteiger partial charge in [0.1, 0.15) is 0 Å². The Hall–Kier alpha value is -2.41. The third kappa shape index (κ3) is 4.35. The van der Waals surface area contributed by atoms with Crippen LogP contribution in [0.2, 0.25) is 0 Å². The summed E-state index contributed by atoms with van der Waals surface area (Å²) in [7, 11) is 0. The Labute approximate surface area is 165 Å². The van der Waals surface area contributed by atoms with Gasteiger partial charge in [0.25, 0.3) is 0 Å². The van der Waals surface area contributed by atoms with E-state index in [0.717, 1.165) is 56.4 Å². The molecule has 0 bridgehead atoms. The number of likely N-dealkylation sites (tertiary alicyclic amines) is 1. The van der Waals surface area contributed by atoms with Gasteiger partial charge in [0, 0.05) is 32.6 Å². The van der Waals surface area contributed by atoms with Crippen molar-refractivity contribution in [2.24, 2.45) is 5.92 Å². The first-order valence-electron chi connectivity index (χ1n) is 10.4. The van der Waals surface area contributed by atoms with Gasteiger partial charge in [-0.05, 0) is 50.3 Å². The maximum atomic E-state index is 12.7. The first kappa shape index (κ1) is 18.9. The fraction of sp³-hybridized carbons (Fsp3) is 0.571. The van der Waals surface area contributed by atoms with Gasteiger partial charge in [0.2, 0.25) is 11.8 Å². The minimum atomic E-state index is -0.0358. The third-order valence-electron chi connectivity index (χ3n) is 5.91. The van der Waals surface area contributed by atoms with Crippen molar-refractivity contribution in [2.75, 3.05) is 26.2 Å². The first-order valence-corrected chi connectivity index (χ1v) is 10.4. The van der Waals surface area contributed by atoms with Gasteiger partial charge in [0.05, 0.1) is 23.4 Å². The van der Waals surface area contributed by atoms with Crippen LogP contribution in [0.15, 0.2) is 30.6 Å². The molecule has 2 amide bonds. The Balaban J connectivity index is 1.25. The summed E-state index contributed by atoms with van der Waals surface area (Å²) < 4.78 is 2.05. The zero-order valence-corrected chi connectivity index (χ0v) is 16.3. The highest BCUT2D eigenvalue weighted by atomic mass is 16.2. The fourth-order valence-electron chi connectivity index (χ4n) is 4.30. The number of rotatable bonds is 6. The minimum Gasteiger partial charge on any atom is -0.354 e. The number of para-hydroxylation sites is 2. The predicted molar refractivity (Wildman–Crippen MR) is 108 cm³/mol. The second kappa shape index (κ2) is 8.73. The van der Waals surface area contributed by atoms with Crippen molar-refractivity contribution < 1.29 is 9.59 Å². The molecule has 0 aliphatic carbocycles. The van der Waals surface area contributed by atoms with Gasteiger partial charge in [-0.1, -0.05) is 12.1 Å². The van der Waals surface area contributed by atoms with Crippen LogP contribution in [0.25, 0.3) is 11.0 Å². The molecular weight excluding hydrogens is 354 g/mol. The zero-order chi connectivity index (χ0) is 19.3. The number of carbonyl (C=O) groups is 2. The van der Waals surface area contributed by atoms with E-state index in [9.17, 15) is 9.59 Å². The topological polar surface area (TPSA) is 79.3 Å². The fourth-order valence-corrected chi connectivity index (χ4v) is 4.30. The van der Waals surface area contributed by atoms with Gasteiger partial charge in [0.15, 0.2) is 0 Å². The van der Waals surface area contributed by atoms with Crippen LogP contribution < -0.4 is 10.6 Å². The summed E-state index contributed by atoms with van der Waals surface area (Å²) in [4.78, 5) is 31.3. The molecule has 28 heavy (non-hydrogen) atoms. The third-order valence-corrected chi connectivity index (χ3v) is 5.91. The van der Waals surface area contributed by atoms with Crippen LogP contribution in [0.1, 0.15) is 32.1 Å². The van der Waals surface area contributed by atoms with Crippen LogP contribution in [0, 0.1) is 5.92 Å². The van der Waals surface area contributed by atoms with Gasteiger partial charge in [-0.25, -0.2) is 4.98 Å². The molecule has 3 heterocycles. The normalized spacial score (nSPS) is 22.5. The van der Waals surface area contributed by atoms with E-state index in [0.29, 0.717) is 25.4 Å². The highest BCUT2D eigenvalue weighted by Gasteiger charge is 2.26. The minimum absolute atomic E-state index is 0.0358. The molecule has 1 aromatic carbocycles. The van der Waals surface area contributed by atoms with Crippen LogP contribution >= 0.6 is 0 Å². The quantitative estimate of drug-likeness (QED) is 0.793. The zero-order valence-electron chi connectivity index (χ0n) is 16.3. The van der Waals surface area contributed by atoms with E-state index in [1.165, 1.54) is 0 Å². The Morgan fingerprint density at radius 3 is 2.96 bits per heavy atom. The lowest BCUT2D eigenvalue weighted by Gasteiger charge is -2.33. The molecule has 2 atom stereocenters. The van der Waals surface area contributed by atoms with Gasteiger partial charge < -0.3 is 20.1 Å². The Morgan fingerprint density at radius 2 is 2.11 bits per heavy atom. The van der Waals surface area contributed by atoms with Crippen molar-refractivity contribution >= 4 is 22.8 Å². The number of nitrogens with zero attached hydrogens (tertiary/aromatic N) is 3. The molecule has 2 aliphatic heterocycles. The molecule has 1 aromatic heterocycles. The van der Waals surface area contributed by atoms with Gasteiger partial charge in [-0.2, -0.15) is 0 Å². The monoisotopic (exact) mass is 383 g/mol. The van der Waals surface area contributed by atoms with E-state index < -0.39 is 0 Å². The lowest BCUT2D eigenvalue weighted by Crippen LogP contribution is -2.46. The second-order valence-corrected chi connectivity index (χ2v) is 7.92. The largest absolute Gasteiger partial charge is 0.354 e. The number of piperidine rings is 1. The number of aromatic nitrogens is 2. The highest BCUT2D eigenvalue weighted by Crippen LogP contribution is 2.18. The first-order chi connectivity index (χ1) is 13.7. The molecule has 2 N–H and O–H groups in total. The van der Waals surface area contributed by atoms with E-state index in [-0.39, 0.29) is 17.9 Å². The molecule has 150 valence electrons. The Kier molecular flexibility index (Phi) is 5.90. The molecule has 2 saturated heterocycles. The summed E-state index contributed by atoms with van der Waals surface area (Å²) in [5.74, 6) is 0.635. The standard InChI is InChI=1S/C21H29N5O2/c27-20(9-12-26-15-24-17-6-1-2-8-19(17)26)25-11-4-5-16(14-25)13-23-21(28)18-7-3-10-22-18/h1-2,6,8,15-16,18,22H,3-5,7,9-14H2,(H,23,28). The average molecular weight is 383 g/mol. The molecule has 2 aliphatic rings.